The van der Waals surface area contributed by atoms with Crippen LogP contribution in [-0.4, -0.2) is 55.4 Å². The van der Waals surface area contributed by atoms with Gasteiger partial charge in [-0.05, 0) is 51.3 Å². The van der Waals surface area contributed by atoms with E-state index in [4.69, 9.17) is 15.5 Å². The van der Waals surface area contributed by atoms with Gasteiger partial charge in [-0.2, -0.15) is 0 Å². The van der Waals surface area contributed by atoms with E-state index in [2.05, 4.69) is 27.7 Å². The molecule has 0 spiro atoms. The van der Waals surface area contributed by atoms with Gasteiger partial charge < -0.3 is 26.0 Å². The summed E-state index contributed by atoms with van der Waals surface area (Å²) < 4.78 is 5.94. The molecule has 3 unspecified atom stereocenters. The maximum Gasteiger partial charge on any atom is 0.256 e. The van der Waals surface area contributed by atoms with Crippen LogP contribution in [0.15, 0.2) is 24.3 Å². The molecule has 3 atom stereocenters. The molecular weight excluding hydrogens is 414 g/mol. The fraction of sp³-hybridized carbons (Fsp3) is 0.615. The van der Waals surface area contributed by atoms with E-state index in [0.717, 1.165) is 29.4 Å². The van der Waals surface area contributed by atoms with E-state index in [-0.39, 0.29) is 12.0 Å². The minimum absolute atomic E-state index is 0.0434. The molecule has 0 radical (unpaired) electrons. The lowest BCUT2D eigenvalue weighted by atomic mass is 9.98. The SMILES string of the molecule is COC1CN(c2nc3ccc(C)cc3cc2C(=O)NC(C)N)CCC1NC1CCCCCC1. The van der Waals surface area contributed by atoms with E-state index in [1.54, 1.807) is 14.0 Å². The van der Waals surface area contributed by atoms with Gasteiger partial charge in [0.05, 0.1) is 23.3 Å². The van der Waals surface area contributed by atoms with Gasteiger partial charge in [0, 0.05) is 37.7 Å². The highest BCUT2D eigenvalue weighted by Crippen LogP contribution is 2.28. The molecule has 1 saturated carbocycles. The molecule has 33 heavy (non-hydrogen) atoms. The predicted octanol–water partition coefficient (Wildman–Crippen LogP) is 3.48. The second-order valence-electron chi connectivity index (χ2n) is 9.79. The van der Waals surface area contributed by atoms with Gasteiger partial charge in [-0.1, -0.05) is 37.3 Å². The van der Waals surface area contributed by atoms with E-state index in [0.29, 0.717) is 30.0 Å². The number of aryl methyl sites for hydroxylation is 1. The number of carbonyl (C=O) groups is 1. The van der Waals surface area contributed by atoms with Gasteiger partial charge >= 0.3 is 0 Å². The van der Waals surface area contributed by atoms with Gasteiger partial charge in [-0.15, -0.1) is 0 Å². The normalized spacial score (nSPS) is 23.3. The lowest BCUT2D eigenvalue weighted by molar-refractivity contribution is 0.0546. The Morgan fingerprint density at radius 2 is 1.94 bits per heavy atom. The Labute approximate surface area is 197 Å². The lowest BCUT2D eigenvalue weighted by Gasteiger charge is -2.40. The molecule has 1 aliphatic heterocycles. The van der Waals surface area contributed by atoms with Crippen molar-refractivity contribution < 1.29 is 9.53 Å². The summed E-state index contributed by atoms with van der Waals surface area (Å²) in [7, 11) is 1.79. The quantitative estimate of drug-likeness (QED) is 0.458. The minimum atomic E-state index is -0.431. The van der Waals surface area contributed by atoms with Crippen molar-refractivity contribution in [1.82, 2.24) is 15.6 Å². The average Bonchev–Trinajstić information content (AvgIpc) is 3.06. The molecule has 4 rings (SSSR count). The highest BCUT2D eigenvalue weighted by atomic mass is 16.5. The first-order valence-electron chi connectivity index (χ1n) is 12.5. The standard InChI is InChI=1S/C26H39N5O2/c1-17-10-11-22-19(14-17)15-21(26(32)28-18(2)27)25(30-22)31-13-12-23(24(16-31)33-3)29-20-8-6-4-5-7-9-20/h10-11,14-15,18,20,23-24,29H,4-9,12-13,16,27H2,1-3H3,(H,28,32). The van der Waals surface area contributed by atoms with Crippen LogP contribution in [-0.2, 0) is 4.74 Å². The van der Waals surface area contributed by atoms with Crippen molar-refractivity contribution in [3.63, 3.8) is 0 Å². The lowest BCUT2D eigenvalue weighted by Crippen LogP contribution is -2.56. The van der Waals surface area contributed by atoms with Crippen LogP contribution in [0.1, 0.15) is 67.8 Å². The predicted molar refractivity (Wildman–Crippen MR) is 134 cm³/mol. The summed E-state index contributed by atoms with van der Waals surface area (Å²) in [4.78, 5) is 20.2. The number of carbonyl (C=O) groups excluding carboxylic acids is 1. The Balaban J connectivity index is 1.58. The number of nitrogens with two attached hydrogens (primary N) is 1. The molecule has 2 aromatic rings. The first-order valence-corrected chi connectivity index (χ1v) is 12.5. The van der Waals surface area contributed by atoms with E-state index in [9.17, 15) is 4.79 Å². The zero-order chi connectivity index (χ0) is 23.4. The minimum Gasteiger partial charge on any atom is -0.378 e. The van der Waals surface area contributed by atoms with Crippen LogP contribution < -0.4 is 21.3 Å². The second-order valence-corrected chi connectivity index (χ2v) is 9.79. The Morgan fingerprint density at radius 1 is 1.18 bits per heavy atom. The Morgan fingerprint density at radius 3 is 2.64 bits per heavy atom. The number of nitrogens with one attached hydrogen (secondary N) is 2. The number of hydrogen-bond acceptors (Lipinski definition) is 6. The summed E-state index contributed by atoms with van der Waals surface area (Å²) in [6.45, 7) is 5.34. The number of amides is 1. The highest BCUT2D eigenvalue weighted by molar-refractivity contribution is 6.02. The monoisotopic (exact) mass is 453 g/mol. The van der Waals surface area contributed by atoms with Crippen molar-refractivity contribution in [2.24, 2.45) is 5.73 Å². The second kappa shape index (κ2) is 10.8. The third-order valence-corrected chi connectivity index (χ3v) is 7.02. The number of methoxy groups -OCH3 is 1. The first kappa shape index (κ1) is 23.9. The number of rotatable bonds is 6. The Kier molecular flexibility index (Phi) is 7.83. The molecular formula is C26H39N5O2. The van der Waals surface area contributed by atoms with Gasteiger partial charge in [0.2, 0.25) is 0 Å². The van der Waals surface area contributed by atoms with Crippen LogP contribution in [0.5, 0.6) is 0 Å². The molecule has 1 saturated heterocycles. The van der Waals surface area contributed by atoms with Crippen molar-refractivity contribution in [2.45, 2.75) is 83.1 Å². The van der Waals surface area contributed by atoms with Gasteiger partial charge in [-0.3, -0.25) is 4.79 Å². The van der Waals surface area contributed by atoms with Crippen LogP contribution >= 0.6 is 0 Å². The smallest absolute Gasteiger partial charge is 0.256 e. The van der Waals surface area contributed by atoms with E-state index >= 15 is 0 Å². The van der Waals surface area contributed by atoms with E-state index in [1.165, 1.54) is 38.5 Å². The number of nitrogens with zero attached hydrogens (tertiary/aromatic N) is 2. The zero-order valence-electron chi connectivity index (χ0n) is 20.3. The van der Waals surface area contributed by atoms with Crippen molar-refractivity contribution in [1.29, 1.82) is 0 Å². The molecule has 4 N–H and O–H groups in total. The number of anilines is 1. The molecule has 2 aliphatic rings. The summed E-state index contributed by atoms with van der Waals surface area (Å²) in [5.41, 5.74) is 8.46. The number of benzene rings is 1. The summed E-state index contributed by atoms with van der Waals surface area (Å²) in [5.74, 6) is 0.517. The fourth-order valence-corrected chi connectivity index (χ4v) is 5.27. The number of hydrogen-bond donors (Lipinski definition) is 3. The Bertz CT molecular complexity index is 955. The number of piperidine rings is 1. The summed E-state index contributed by atoms with van der Waals surface area (Å²) >= 11 is 0. The molecule has 2 heterocycles. The summed E-state index contributed by atoms with van der Waals surface area (Å²) in [5, 5.41) is 7.70. The molecule has 180 valence electrons. The summed E-state index contributed by atoms with van der Waals surface area (Å²) in [6.07, 6.45) is 8.40. The number of pyridine rings is 1. The highest BCUT2D eigenvalue weighted by Gasteiger charge is 2.33. The van der Waals surface area contributed by atoms with Crippen molar-refractivity contribution in [3.05, 3.63) is 35.4 Å². The topological polar surface area (TPSA) is 92.5 Å². The molecule has 2 fully saturated rings. The van der Waals surface area contributed by atoms with Crippen molar-refractivity contribution in [2.75, 3.05) is 25.1 Å². The van der Waals surface area contributed by atoms with E-state index in [1.807, 2.05) is 19.1 Å². The van der Waals surface area contributed by atoms with Crippen LogP contribution in [0.2, 0.25) is 0 Å². The van der Waals surface area contributed by atoms with Crippen molar-refractivity contribution in [3.8, 4) is 0 Å². The first-order chi connectivity index (χ1) is 15.9. The third kappa shape index (κ3) is 5.83. The van der Waals surface area contributed by atoms with E-state index < -0.39 is 6.17 Å². The van der Waals surface area contributed by atoms with Crippen LogP contribution in [0.4, 0.5) is 5.82 Å². The molecule has 1 aliphatic carbocycles. The average molecular weight is 454 g/mol. The largest absolute Gasteiger partial charge is 0.378 e. The number of ether oxygens (including phenoxy) is 1. The Hall–Kier alpha value is -2.22. The third-order valence-electron chi connectivity index (χ3n) is 7.02. The van der Waals surface area contributed by atoms with Crippen LogP contribution in [0.25, 0.3) is 10.9 Å². The molecule has 0 bridgehead atoms. The van der Waals surface area contributed by atoms with Gasteiger partial charge in [-0.25, -0.2) is 4.98 Å². The van der Waals surface area contributed by atoms with Gasteiger partial charge in [0.25, 0.3) is 5.91 Å². The molecule has 7 heteroatoms. The fourth-order valence-electron chi connectivity index (χ4n) is 5.27. The van der Waals surface area contributed by atoms with Crippen LogP contribution in [0.3, 0.4) is 0 Å². The molecule has 1 aromatic heterocycles. The number of aromatic nitrogens is 1. The van der Waals surface area contributed by atoms with Crippen molar-refractivity contribution >= 4 is 22.6 Å². The van der Waals surface area contributed by atoms with Gasteiger partial charge in [0.1, 0.15) is 5.82 Å². The summed E-state index contributed by atoms with van der Waals surface area (Å²) in [6, 6.07) is 8.99. The molecule has 1 aromatic carbocycles. The maximum atomic E-state index is 13.1. The number of fused-ring (bicyclic) bond motifs is 1. The van der Waals surface area contributed by atoms with Crippen LogP contribution in [0, 0.1) is 6.92 Å². The van der Waals surface area contributed by atoms with Gasteiger partial charge in [0.15, 0.2) is 0 Å². The maximum absolute atomic E-state index is 13.1. The molecule has 7 nitrogen and oxygen atoms in total. The zero-order valence-corrected chi connectivity index (χ0v) is 20.3. The molecule has 1 amide bonds.